The van der Waals surface area contributed by atoms with E-state index in [2.05, 4.69) is 0 Å². The molecule has 3 N–H and O–H groups in total. The third-order valence-electron chi connectivity index (χ3n) is 2.54. The molecule has 0 aliphatic heterocycles. The smallest absolute Gasteiger partial charge is 0.328 e. The first-order valence-corrected chi connectivity index (χ1v) is 5.98. The van der Waals surface area contributed by atoms with Crippen molar-refractivity contribution in [2.24, 2.45) is 0 Å². The number of ether oxygens (including phenoxy) is 1. The normalized spacial score (nSPS) is 10.6. The number of para-hydroxylation sites is 1. The molecule has 0 bridgehead atoms. The molecule has 0 fully saturated rings. The first-order valence-electron chi connectivity index (χ1n) is 5.98. The topological polar surface area (TPSA) is 89.6 Å². The molecule has 1 aromatic rings. The van der Waals surface area contributed by atoms with Gasteiger partial charge in [-0.15, -0.1) is 0 Å². The average molecular weight is 263 g/mol. The number of hydrogen-bond acceptors (Lipinski definition) is 4. The van der Waals surface area contributed by atoms with E-state index in [1.54, 1.807) is 19.1 Å². The molecule has 1 rings (SSSR count). The lowest BCUT2D eigenvalue weighted by Crippen LogP contribution is -2.06. The van der Waals surface area contributed by atoms with Crippen LogP contribution in [0.15, 0.2) is 24.3 Å². The lowest BCUT2D eigenvalue weighted by atomic mass is 10.0. The zero-order valence-corrected chi connectivity index (χ0v) is 10.8. The van der Waals surface area contributed by atoms with Crippen molar-refractivity contribution in [2.75, 3.05) is 12.3 Å². The molecule has 0 heterocycles. The van der Waals surface area contributed by atoms with Gasteiger partial charge in [0.05, 0.1) is 6.61 Å². The van der Waals surface area contributed by atoms with Crippen molar-refractivity contribution < 1.29 is 19.4 Å². The van der Waals surface area contributed by atoms with Gasteiger partial charge in [-0.25, -0.2) is 4.79 Å². The molecule has 0 aromatic heterocycles. The van der Waals surface area contributed by atoms with Crippen molar-refractivity contribution in [2.45, 2.75) is 19.8 Å². The number of hydrogen-bond donors (Lipinski definition) is 2. The second-order valence-corrected chi connectivity index (χ2v) is 3.90. The van der Waals surface area contributed by atoms with Gasteiger partial charge in [0.2, 0.25) is 0 Å². The van der Waals surface area contributed by atoms with Gasteiger partial charge in [-0.1, -0.05) is 18.2 Å². The summed E-state index contributed by atoms with van der Waals surface area (Å²) < 4.78 is 4.84. The van der Waals surface area contributed by atoms with E-state index in [1.165, 1.54) is 6.08 Å². The molecule has 19 heavy (non-hydrogen) atoms. The van der Waals surface area contributed by atoms with Crippen LogP contribution < -0.4 is 5.73 Å². The van der Waals surface area contributed by atoms with E-state index in [4.69, 9.17) is 15.6 Å². The average Bonchev–Trinajstić information content (AvgIpc) is 2.36. The molecule has 0 atom stereocenters. The summed E-state index contributed by atoms with van der Waals surface area (Å²) >= 11 is 0. The molecular formula is C14H17NO4. The minimum atomic E-state index is -1.03. The van der Waals surface area contributed by atoms with Crippen LogP contribution in [0, 0.1) is 0 Å². The van der Waals surface area contributed by atoms with Crippen molar-refractivity contribution >= 4 is 23.7 Å². The number of carbonyl (C=O) groups excluding carboxylic acids is 1. The highest BCUT2D eigenvalue weighted by molar-refractivity contribution is 5.87. The Kier molecular flexibility index (Phi) is 5.60. The summed E-state index contributed by atoms with van der Waals surface area (Å²) in [5.41, 5.74) is 7.86. The molecule has 5 heteroatoms. The van der Waals surface area contributed by atoms with Gasteiger partial charge in [0.15, 0.2) is 0 Å². The third-order valence-corrected chi connectivity index (χ3v) is 2.54. The first-order chi connectivity index (χ1) is 9.04. The van der Waals surface area contributed by atoms with Gasteiger partial charge in [0, 0.05) is 18.2 Å². The Bertz CT molecular complexity index is 494. The van der Waals surface area contributed by atoms with E-state index >= 15 is 0 Å². The van der Waals surface area contributed by atoms with Gasteiger partial charge in [-0.3, -0.25) is 4.79 Å². The fourth-order valence-corrected chi connectivity index (χ4v) is 1.63. The predicted molar refractivity (Wildman–Crippen MR) is 72.5 cm³/mol. The van der Waals surface area contributed by atoms with Crippen molar-refractivity contribution in [1.82, 2.24) is 0 Å². The molecular weight excluding hydrogens is 246 g/mol. The van der Waals surface area contributed by atoms with Crippen LogP contribution in [0.2, 0.25) is 0 Å². The summed E-state index contributed by atoms with van der Waals surface area (Å²) in [6.07, 6.45) is 3.19. The van der Waals surface area contributed by atoms with E-state index in [0.717, 1.165) is 11.6 Å². The SMILES string of the molecule is CCOC(=O)CCc1cccc(/C=C/C(=O)O)c1N. The van der Waals surface area contributed by atoms with E-state index < -0.39 is 5.97 Å². The number of carbonyl (C=O) groups is 2. The highest BCUT2D eigenvalue weighted by Gasteiger charge is 2.07. The van der Waals surface area contributed by atoms with Crippen molar-refractivity contribution in [1.29, 1.82) is 0 Å². The molecule has 0 amide bonds. The van der Waals surface area contributed by atoms with E-state index in [-0.39, 0.29) is 12.4 Å². The third kappa shape index (κ3) is 4.83. The number of rotatable bonds is 6. The van der Waals surface area contributed by atoms with Crippen LogP contribution in [0.5, 0.6) is 0 Å². The zero-order valence-electron chi connectivity index (χ0n) is 10.8. The maximum atomic E-state index is 11.3. The van der Waals surface area contributed by atoms with Crippen LogP contribution in [0.25, 0.3) is 6.08 Å². The fourth-order valence-electron chi connectivity index (χ4n) is 1.63. The Morgan fingerprint density at radius 1 is 1.42 bits per heavy atom. The number of aliphatic carboxylic acids is 1. The zero-order chi connectivity index (χ0) is 14.3. The lowest BCUT2D eigenvalue weighted by Gasteiger charge is -2.08. The minimum Gasteiger partial charge on any atom is -0.478 e. The van der Waals surface area contributed by atoms with Gasteiger partial charge in [0.1, 0.15) is 0 Å². The van der Waals surface area contributed by atoms with Crippen LogP contribution in [0.3, 0.4) is 0 Å². The molecule has 0 aliphatic carbocycles. The maximum Gasteiger partial charge on any atom is 0.328 e. The number of aryl methyl sites for hydroxylation is 1. The number of esters is 1. The van der Waals surface area contributed by atoms with Gasteiger partial charge in [-0.2, -0.15) is 0 Å². The number of nitrogen functional groups attached to an aromatic ring is 1. The summed E-state index contributed by atoms with van der Waals surface area (Å²) in [6.45, 7) is 2.11. The van der Waals surface area contributed by atoms with Crippen LogP contribution in [0.1, 0.15) is 24.5 Å². The number of carboxylic acid groups (broad SMARTS) is 1. The van der Waals surface area contributed by atoms with E-state index in [0.29, 0.717) is 24.3 Å². The maximum absolute atomic E-state index is 11.3. The van der Waals surface area contributed by atoms with Crippen LogP contribution >= 0.6 is 0 Å². The molecule has 0 saturated carbocycles. The molecule has 1 aromatic carbocycles. The number of carboxylic acids is 1. The van der Waals surface area contributed by atoms with Crippen molar-refractivity contribution in [3.05, 3.63) is 35.4 Å². The fraction of sp³-hybridized carbons (Fsp3) is 0.286. The van der Waals surface area contributed by atoms with Crippen LogP contribution in [-0.4, -0.2) is 23.7 Å². The summed E-state index contributed by atoms with van der Waals surface area (Å²) in [5, 5.41) is 8.58. The standard InChI is InChI=1S/C14H17NO4/c1-2-19-13(18)9-7-11-5-3-4-10(14(11)15)6-8-12(16)17/h3-6,8H,2,7,9,15H2,1H3,(H,16,17)/b8-6+. The summed E-state index contributed by atoms with van der Waals surface area (Å²) in [5.74, 6) is -1.30. The number of anilines is 1. The molecule has 0 saturated heterocycles. The van der Waals surface area contributed by atoms with Crippen molar-refractivity contribution in [3.8, 4) is 0 Å². The Balaban J connectivity index is 2.77. The Morgan fingerprint density at radius 2 is 2.16 bits per heavy atom. The van der Waals surface area contributed by atoms with E-state index in [1.807, 2.05) is 6.07 Å². The Morgan fingerprint density at radius 3 is 2.79 bits per heavy atom. The molecule has 0 aliphatic rings. The summed E-state index contributed by atoms with van der Waals surface area (Å²) in [4.78, 5) is 21.7. The van der Waals surface area contributed by atoms with Crippen LogP contribution in [0.4, 0.5) is 5.69 Å². The lowest BCUT2D eigenvalue weighted by molar-refractivity contribution is -0.143. The highest BCUT2D eigenvalue weighted by Crippen LogP contribution is 2.20. The van der Waals surface area contributed by atoms with Gasteiger partial charge < -0.3 is 15.6 Å². The minimum absolute atomic E-state index is 0.254. The second-order valence-electron chi connectivity index (χ2n) is 3.90. The van der Waals surface area contributed by atoms with Gasteiger partial charge in [0.25, 0.3) is 0 Å². The predicted octanol–water partition coefficient (Wildman–Crippen LogP) is 1.86. The van der Waals surface area contributed by atoms with Crippen molar-refractivity contribution in [3.63, 3.8) is 0 Å². The summed E-state index contributed by atoms with van der Waals surface area (Å²) in [7, 11) is 0. The van der Waals surface area contributed by atoms with E-state index in [9.17, 15) is 9.59 Å². The highest BCUT2D eigenvalue weighted by atomic mass is 16.5. The monoisotopic (exact) mass is 263 g/mol. The molecule has 0 radical (unpaired) electrons. The molecule has 0 unspecified atom stereocenters. The van der Waals surface area contributed by atoms with Gasteiger partial charge in [-0.05, 0) is 30.5 Å². The first kappa shape index (κ1) is 14.8. The van der Waals surface area contributed by atoms with Gasteiger partial charge >= 0.3 is 11.9 Å². The Hall–Kier alpha value is -2.30. The number of nitrogens with two attached hydrogens (primary N) is 1. The molecule has 0 spiro atoms. The Labute approximate surface area is 111 Å². The quantitative estimate of drug-likeness (QED) is 0.464. The molecule has 5 nitrogen and oxygen atoms in total. The van der Waals surface area contributed by atoms with Crippen LogP contribution in [-0.2, 0) is 20.7 Å². The second kappa shape index (κ2) is 7.20. The summed E-state index contributed by atoms with van der Waals surface area (Å²) in [6, 6.07) is 5.31. The molecule has 102 valence electrons. The number of benzene rings is 1. The largest absolute Gasteiger partial charge is 0.478 e.